The van der Waals surface area contributed by atoms with E-state index in [2.05, 4.69) is 20.8 Å². The zero-order chi connectivity index (χ0) is 15.9. The minimum absolute atomic E-state index is 0.154. The summed E-state index contributed by atoms with van der Waals surface area (Å²) in [5, 5.41) is 11.3. The Hall–Kier alpha value is -2.96. The van der Waals surface area contributed by atoms with Gasteiger partial charge < -0.3 is 10.6 Å². The van der Waals surface area contributed by atoms with Crippen LogP contribution < -0.4 is 10.6 Å². The Kier molecular flexibility index (Phi) is 5.02. The van der Waals surface area contributed by atoms with Gasteiger partial charge in [0.05, 0.1) is 18.4 Å². The number of hydrogen-bond donors (Lipinski definition) is 3. The van der Waals surface area contributed by atoms with Gasteiger partial charge in [-0.25, -0.2) is 4.39 Å². The molecule has 0 spiro atoms. The second-order valence-corrected chi connectivity index (χ2v) is 4.60. The van der Waals surface area contributed by atoms with E-state index in [-0.39, 0.29) is 24.2 Å². The second-order valence-electron chi connectivity index (χ2n) is 4.60. The van der Waals surface area contributed by atoms with Crippen LogP contribution in [0.2, 0.25) is 0 Å². The number of rotatable bonds is 5. The minimum atomic E-state index is -0.369. The summed E-state index contributed by atoms with van der Waals surface area (Å²) >= 11 is 0. The van der Waals surface area contributed by atoms with Crippen LogP contribution in [0, 0.1) is 5.82 Å². The van der Waals surface area contributed by atoms with Crippen LogP contribution in [0.4, 0.5) is 10.1 Å². The van der Waals surface area contributed by atoms with Crippen molar-refractivity contribution in [2.75, 3.05) is 11.9 Å². The molecule has 1 heterocycles. The number of halogens is 1. The molecule has 7 heteroatoms. The molecule has 0 aliphatic heterocycles. The average molecular weight is 302 g/mol. The number of carbonyl (C=O) groups is 2. The molecule has 6 nitrogen and oxygen atoms in total. The second kappa shape index (κ2) is 7.16. The van der Waals surface area contributed by atoms with E-state index in [9.17, 15) is 14.0 Å². The lowest BCUT2D eigenvalue weighted by molar-refractivity contribution is -0.121. The molecule has 2 aromatic rings. The van der Waals surface area contributed by atoms with Gasteiger partial charge in [-0.05, 0) is 30.7 Å². The number of anilines is 1. The third-order valence-electron chi connectivity index (χ3n) is 2.80. The first-order chi connectivity index (χ1) is 10.5. The predicted molar refractivity (Wildman–Crippen MR) is 80.3 cm³/mol. The molecular weight excluding hydrogens is 287 g/mol. The van der Waals surface area contributed by atoms with Crippen LogP contribution in [-0.4, -0.2) is 28.6 Å². The molecule has 0 saturated carbocycles. The summed E-state index contributed by atoms with van der Waals surface area (Å²) in [6.45, 7) is 1.46. The fourth-order valence-electron chi connectivity index (χ4n) is 1.70. The van der Waals surface area contributed by atoms with Crippen LogP contribution in [0.25, 0.3) is 6.08 Å². The number of nitrogens with one attached hydrogen (secondary N) is 3. The molecule has 114 valence electrons. The molecule has 0 aliphatic rings. The maximum atomic E-state index is 12.8. The molecule has 0 radical (unpaired) electrons. The van der Waals surface area contributed by atoms with E-state index < -0.39 is 0 Å². The Morgan fingerprint density at radius 3 is 2.68 bits per heavy atom. The average Bonchev–Trinajstić information content (AvgIpc) is 3.00. The quantitative estimate of drug-likeness (QED) is 0.735. The van der Waals surface area contributed by atoms with Gasteiger partial charge in [0.15, 0.2) is 0 Å². The first-order valence-electron chi connectivity index (χ1n) is 6.55. The van der Waals surface area contributed by atoms with Crippen molar-refractivity contribution in [1.29, 1.82) is 0 Å². The highest BCUT2D eigenvalue weighted by Gasteiger charge is 2.08. The van der Waals surface area contributed by atoms with Crippen LogP contribution >= 0.6 is 0 Å². The molecule has 1 aromatic heterocycles. The zero-order valence-electron chi connectivity index (χ0n) is 11.9. The lowest BCUT2D eigenvalue weighted by atomic mass is 10.1. The van der Waals surface area contributed by atoms with Gasteiger partial charge in [0.25, 0.3) is 0 Å². The van der Waals surface area contributed by atoms with E-state index >= 15 is 0 Å². The monoisotopic (exact) mass is 302 g/mol. The van der Waals surface area contributed by atoms with Crippen molar-refractivity contribution < 1.29 is 14.0 Å². The number of amides is 2. The van der Waals surface area contributed by atoms with Gasteiger partial charge in [-0.1, -0.05) is 12.1 Å². The SMILES string of the molecule is C/C(=C/c1ccc(F)cc1)C(=O)NCC(=O)Nc1cn[nH]c1. The third-order valence-corrected chi connectivity index (χ3v) is 2.80. The molecule has 2 rings (SSSR count). The standard InChI is InChI=1S/C15H15FN4O2/c1-10(6-11-2-4-12(16)5-3-11)15(22)17-9-14(21)20-13-7-18-19-8-13/h2-8H,9H2,1H3,(H,17,22)(H,18,19)(H,20,21)/b10-6-. The van der Waals surface area contributed by atoms with Crippen LogP contribution in [-0.2, 0) is 9.59 Å². The largest absolute Gasteiger partial charge is 0.343 e. The number of aromatic amines is 1. The van der Waals surface area contributed by atoms with Crippen molar-refractivity contribution in [2.24, 2.45) is 0 Å². The van der Waals surface area contributed by atoms with Crippen LogP contribution in [0.5, 0.6) is 0 Å². The van der Waals surface area contributed by atoms with Crippen molar-refractivity contribution in [3.8, 4) is 0 Å². The van der Waals surface area contributed by atoms with Gasteiger partial charge in [-0.15, -0.1) is 0 Å². The topological polar surface area (TPSA) is 86.9 Å². The van der Waals surface area contributed by atoms with Crippen LogP contribution in [0.15, 0.2) is 42.2 Å². The van der Waals surface area contributed by atoms with Gasteiger partial charge in [0.1, 0.15) is 5.82 Å². The normalized spacial score (nSPS) is 11.1. The lowest BCUT2D eigenvalue weighted by Crippen LogP contribution is -2.33. The zero-order valence-corrected chi connectivity index (χ0v) is 11.9. The van der Waals surface area contributed by atoms with Gasteiger partial charge >= 0.3 is 0 Å². The van der Waals surface area contributed by atoms with Crippen molar-refractivity contribution in [1.82, 2.24) is 15.5 Å². The molecule has 0 bridgehead atoms. The summed E-state index contributed by atoms with van der Waals surface area (Å²) in [6, 6.07) is 5.76. The number of aromatic nitrogens is 2. The molecule has 0 atom stereocenters. The summed E-state index contributed by atoms with van der Waals surface area (Å²) in [4.78, 5) is 23.5. The highest BCUT2D eigenvalue weighted by Crippen LogP contribution is 2.08. The van der Waals surface area contributed by atoms with Gasteiger partial charge in [-0.2, -0.15) is 5.10 Å². The summed E-state index contributed by atoms with van der Waals surface area (Å²) in [5.74, 6) is -1.06. The molecule has 22 heavy (non-hydrogen) atoms. The number of hydrogen-bond acceptors (Lipinski definition) is 3. The minimum Gasteiger partial charge on any atom is -0.343 e. The Labute approximate surface area is 126 Å². The van der Waals surface area contributed by atoms with E-state index in [0.29, 0.717) is 16.8 Å². The first kappa shape index (κ1) is 15.4. The number of H-pyrrole nitrogens is 1. The molecule has 1 aromatic carbocycles. The summed E-state index contributed by atoms with van der Waals surface area (Å²) < 4.78 is 12.8. The summed E-state index contributed by atoms with van der Waals surface area (Å²) in [7, 11) is 0. The molecular formula is C15H15FN4O2. The highest BCUT2D eigenvalue weighted by atomic mass is 19.1. The van der Waals surface area contributed by atoms with Crippen molar-refractivity contribution in [2.45, 2.75) is 6.92 Å². The predicted octanol–water partition coefficient (Wildman–Crippen LogP) is 1.71. The Morgan fingerprint density at radius 2 is 2.05 bits per heavy atom. The van der Waals surface area contributed by atoms with Gasteiger partial charge in [0.2, 0.25) is 11.8 Å². The van der Waals surface area contributed by atoms with Crippen molar-refractivity contribution in [3.05, 3.63) is 53.6 Å². The van der Waals surface area contributed by atoms with Crippen molar-refractivity contribution >= 4 is 23.6 Å². The highest BCUT2D eigenvalue weighted by molar-refractivity contribution is 6.00. The van der Waals surface area contributed by atoms with Gasteiger partial charge in [-0.3, -0.25) is 14.7 Å². The summed E-state index contributed by atoms with van der Waals surface area (Å²) in [6.07, 6.45) is 4.60. The lowest BCUT2D eigenvalue weighted by Gasteiger charge is -2.06. The molecule has 2 amide bonds. The Morgan fingerprint density at radius 1 is 1.32 bits per heavy atom. The third kappa shape index (κ3) is 4.55. The van der Waals surface area contributed by atoms with E-state index in [4.69, 9.17) is 0 Å². The van der Waals surface area contributed by atoms with E-state index in [1.807, 2.05) is 0 Å². The van der Waals surface area contributed by atoms with Crippen LogP contribution in [0.3, 0.4) is 0 Å². The molecule has 0 unspecified atom stereocenters. The molecule has 0 aliphatic carbocycles. The van der Waals surface area contributed by atoms with E-state index in [0.717, 1.165) is 0 Å². The van der Waals surface area contributed by atoms with E-state index in [1.165, 1.54) is 24.5 Å². The molecule has 3 N–H and O–H groups in total. The Bertz CT molecular complexity index is 678. The summed E-state index contributed by atoms with van der Waals surface area (Å²) in [5.41, 5.74) is 1.65. The number of nitrogens with zero attached hydrogens (tertiary/aromatic N) is 1. The fraction of sp³-hybridized carbons (Fsp3) is 0.133. The number of benzene rings is 1. The Balaban J connectivity index is 1.85. The maximum Gasteiger partial charge on any atom is 0.247 e. The smallest absolute Gasteiger partial charge is 0.247 e. The van der Waals surface area contributed by atoms with Gasteiger partial charge in [0, 0.05) is 11.8 Å². The van der Waals surface area contributed by atoms with Crippen LogP contribution in [0.1, 0.15) is 12.5 Å². The van der Waals surface area contributed by atoms with Crippen molar-refractivity contribution in [3.63, 3.8) is 0 Å². The fourth-order valence-corrected chi connectivity index (χ4v) is 1.70. The number of carbonyl (C=O) groups excluding carboxylic acids is 2. The maximum absolute atomic E-state index is 12.8. The molecule has 0 saturated heterocycles. The van der Waals surface area contributed by atoms with E-state index in [1.54, 1.807) is 25.1 Å². The first-order valence-corrected chi connectivity index (χ1v) is 6.55. The molecule has 0 fully saturated rings.